The van der Waals surface area contributed by atoms with Gasteiger partial charge in [0.2, 0.25) is 0 Å². The number of hydrogen-bond acceptors (Lipinski definition) is 6. The Labute approximate surface area is 222 Å². The quantitative estimate of drug-likeness (QED) is 0.275. The fourth-order valence-electron chi connectivity index (χ4n) is 3.80. The first kappa shape index (κ1) is 25.0. The molecule has 0 spiro atoms. The zero-order valence-electron chi connectivity index (χ0n) is 20.2. The summed E-state index contributed by atoms with van der Waals surface area (Å²) >= 11 is 1.12. The molecule has 0 bridgehead atoms. The van der Waals surface area contributed by atoms with Crippen LogP contribution in [0.25, 0.3) is 0 Å². The fourth-order valence-corrected chi connectivity index (χ4v) is 4.81. The van der Waals surface area contributed by atoms with Crippen molar-refractivity contribution in [2.75, 3.05) is 10.6 Å². The van der Waals surface area contributed by atoms with Gasteiger partial charge >= 0.3 is 0 Å². The Bertz CT molecular complexity index is 1530. The number of thioether (sulfide) groups is 1. The van der Waals surface area contributed by atoms with Crippen LogP contribution in [0.15, 0.2) is 111 Å². The number of anilines is 2. The number of hydrogen-bond donors (Lipinski definition) is 2. The van der Waals surface area contributed by atoms with Crippen molar-refractivity contribution in [3.8, 4) is 0 Å². The van der Waals surface area contributed by atoms with E-state index < -0.39 is 23.5 Å². The van der Waals surface area contributed by atoms with Gasteiger partial charge in [0.15, 0.2) is 0 Å². The number of benzene rings is 3. The first-order valence-corrected chi connectivity index (χ1v) is 12.5. The van der Waals surface area contributed by atoms with E-state index in [0.29, 0.717) is 27.6 Å². The largest absolute Gasteiger partial charge is 0.467 e. The molecule has 1 aliphatic rings. The smallest absolute Gasteiger partial charge is 0.278 e. The maximum atomic E-state index is 13.4. The van der Waals surface area contributed by atoms with Crippen LogP contribution in [-0.2, 0) is 16.1 Å². The zero-order valence-corrected chi connectivity index (χ0v) is 21.1. The molecule has 0 saturated carbocycles. The van der Waals surface area contributed by atoms with Crippen molar-refractivity contribution >= 4 is 40.9 Å². The summed E-state index contributed by atoms with van der Waals surface area (Å²) in [6.45, 7) is 1.96. The van der Waals surface area contributed by atoms with Gasteiger partial charge in [0, 0.05) is 21.8 Å². The van der Waals surface area contributed by atoms with Crippen LogP contribution in [0, 0.1) is 12.7 Å². The summed E-state index contributed by atoms with van der Waals surface area (Å²) in [5, 5.41) is 5.89. The number of halogens is 1. The summed E-state index contributed by atoms with van der Waals surface area (Å²) in [7, 11) is 0. The summed E-state index contributed by atoms with van der Waals surface area (Å²) in [6, 6.07) is 23.0. The molecular weight excluding hydrogens is 505 g/mol. The molecule has 0 unspecified atom stereocenters. The van der Waals surface area contributed by atoms with Gasteiger partial charge in [-0.05, 0) is 73.7 Å². The van der Waals surface area contributed by atoms with E-state index in [9.17, 15) is 18.8 Å². The van der Waals surface area contributed by atoms with Crippen molar-refractivity contribution in [1.82, 2.24) is 4.90 Å². The average Bonchev–Trinajstić information content (AvgIpc) is 3.50. The Morgan fingerprint density at radius 1 is 0.921 bits per heavy atom. The Kier molecular flexibility index (Phi) is 7.10. The number of nitrogens with zero attached hydrogens (tertiary/aromatic N) is 1. The van der Waals surface area contributed by atoms with Crippen LogP contribution in [0.5, 0.6) is 0 Å². The minimum absolute atomic E-state index is 0.00156. The SMILES string of the molecule is Cc1ccc(NC2=C(Sc3cccc(NC(=O)c4ccc(F)cc4)c3)C(=O)N(Cc3ccco3)C2=O)cc1. The van der Waals surface area contributed by atoms with E-state index in [-0.39, 0.29) is 17.1 Å². The van der Waals surface area contributed by atoms with Crippen LogP contribution in [0.3, 0.4) is 0 Å². The number of furan rings is 1. The van der Waals surface area contributed by atoms with Crippen LogP contribution in [-0.4, -0.2) is 22.6 Å². The molecule has 0 saturated heterocycles. The van der Waals surface area contributed by atoms with E-state index in [0.717, 1.165) is 22.2 Å². The van der Waals surface area contributed by atoms with E-state index in [1.165, 1.54) is 30.5 Å². The number of amides is 3. The fraction of sp³-hybridized carbons (Fsp3) is 0.0690. The predicted octanol–water partition coefficient (Wildman–Crippen LogP) is 5.96. The zero-order chi connectivity index (χ0) is 26.6. The summed E-state index contributed by atoms with van der Waals surface area (Å²) in [5.74, 6) is -1.26. The molecular formula is C29H22FN3O4S. The highest BCUT2D eigenvalue weighted by molar-refractivity contribution is 8.04. The molecule has 0 aliphatic carbocycles. The molecule has 0 fully saturated rings. The Morgan fingerprint density at radius 2 is 1.68 bits per heavy atom. The molecule has 3 aromatic carbocycles. The van der Waals surface area contributed by atoms with Gasteiger partial charge in [-0.15, -0.1) is 0 Å². The van der Waals surface area contributed by atoms with Gasteiger partial charge in [-0.3, -0.25) is 19.3 Å². The third kappa shape index (κ3) is 5.52. The highest BCUT2D eigenvalue weighted by Crippen LogP contribution is 2.37. The Balaban J connectivity index is 1.41. The van der Waals surface area contributed by atoms with Crippen molar-refractivity contribution in [3.63, 3.8) is 0 Å². The Hall–Kier alpha value is -4.63. The summed E-state index contributed by atoms with van der Waals surface area (Å²) in [5.41, 5.74) is 2.69. The van der Waals surface area contributed by atoms with Crippen molar-refractivity contribution in [2.45, 2.75) is 18.4 Å². The number of aryl methyl sites for hydroxylation is 1. The summed E-state index contributed by atoms with van der Waals surface area (Å²) in [4.78, 5) is 41.4. The maximum Gasteiger partial charge on any atom is 0.278 e. The third-order valence-corrected chi connectivity index (χ3v) is 6.83. The van der Waals surface area contributed by atoms with Crippen LogP contribution in [0.4, 0.5) is 15.8 Å². The molecule has 0 atom stereocenters. The molecule has 38 heavy (non-hydrogen) atoms. The van der Waals surface area contributed by atoms with Gasteiger partial charge in [0.1, 0.15) is 22.2 Å². The van der Waals surface area contributed by atoms with E-state index in [1.807, 2.05) is 31.2 Å². The number of nitrogens with one attached hydrogen (secondary N) is 2. The predicted molar refractivity (Wildman–Crippen MR) is 143 cm³/mol. The second-order valence-electron chi connectivity index (χ2n) is 8.56. The summed E-state index contributed by atoms with van der Waals surface area (Å²) in [6.07, 6.45) is 1.49. The average molecular weight is 528 g/mol. The van der Waals surface area contributed by atoms with Gasteiger partial charge < -0.3 is 15.1 Å². The molecule has 3 amide bonds. The van der Waals surface area contributed by atoms with E-state index in [1.54, 1.807) is 36.4 Å². The maximum absolute atomic E-state index is 13.4. The van der Waals surface area contributed by atoms with Gasteiger partial charge in [-0.25, -0.2) is 4.39 Å². The monoisotopic (exact) mass is 527 g/mol. The lowest BCUT2D eigenvalue weighted by Gasteiger charge is -2.13. The molecule has 2 heterocycles. The van der Waals surface area contributed by atoms with Gasteiger partial charge in [0.05, 0.1) is 12.8 Å². The number of imide groups is 1. The normalized spacial score (nSPS) is 13.3. The van der Waals surface area contributed by atoms with Crippen LogP contribution in [0.1, 0.15) is 21.7 Å². The Morgan fingerprint density at radius 3 is 2.39 bits per heavy atom. The lowest BCUT2D eigenvalue weighted by atomic mass is 10.2. The second-order valence-corrected chi connectivity index (χ2v) is 9.65. The lowest BCUT2D eigenvalue weighted by molar-refractivity contribution is -0.138. The molecule has 1 aliphatic heterocycles. The minimum atomic E-state index is -0.463. The molecule has 190 valence electrons. The van der Waals surface area contributed by atoms with Crippen molar-refractivity contribution in [1.29, 1.82) is 0 Å². The molecule has 7 nitrogen and oxygen atoms in total. The van der Waals surface area contributed by atoms with Crippen LogP contribution in [0.2, 0.25) is 0 Å². The van der Waals surface area contributed by atoms with E-state index in [4.69, 9.17) is 4.42 Å². The first-order valence-electron chi connectivity index (χ1n) is 11.7. The number of carbonyl (C=O) groups is 3. The van der Waals surface area contributed by atoms with Gasteiger partial charge in [-0.2, -0.15) is 0 Å². The highest BCUT2D eigenvalue weighted by Gasteiger charge is 2.39. The third-order valence-electron chi connectivity index (χ3n) is 5.76. The molecule has 2 N–H and O–H groups in total. The molecule has 4 aromatic rings. The topological polar surface area (TPSA) is 91.7 Å². The van der Waals surface area contributed by atoms with Crippen molar-refractivity contribution in [3.05, 3.63) is 124 Å². The first-order chi connectivity index (χ1) is 18.4. The van der Waals surface area contributed by atoms with Crippen molar-refractivity contribution in [2.24, 2.45) is 0 Å². The summed E-state index contributed by atoms with van der Waals surface area (Å²) < 4.78 is 18.6. The number of carbonyl (C=O) groups excluding carboxylic acids is 3. The van der Waals surface area contributed by atoms with Gasteiger partial charge in [-0.1, -0.05) is 35.5 Å². The van der Waals surface area contributed by atoms with Crippen LogP contribution >= 0.6 is 11.8 Å². The second kappa shape index (κ2) is 10.8. The van der Waals surface area contributed by atoms with Crippen LogP contribution < -0.4 is 10.6 Å². The van der Waals surface area contributed by atoms with E-state index >= 15 is 0 Å². The molecule has 9 heteroatoms. The standard InChI is InChI=1S/C29H22FN3O4S/c1-18-7-13-21(14-8-18)31-25-26(29(36)33(28(25)35)17-23-5-3-15-37-23)38-24-6-2-4-22(16-24)32-27(34)19-9-11-20(30)12-10-19/h2-16,31H,17H2,1H3,(H,32,34). The molecule has 5 rings (SSSR count). The van der Waals surface area contributed by atoms with Crippen molar-refractivity contribution < 1.29 is 23.2 Å². The highest BCUT2D eigenvalue weighted by atomic mass is 32.2. The van der Waals surface area contributed by atoms with E-state index in [2.05, 4.69) is 10.6 Å². The minimum Gasteiger partial charge on any atom is -0.467 e. The van der Waals surface area contributed by atoms with Gasteiger partial charge in [0.25, 0.3) is 17.7 Å². The molecule has 0 radical (unpaired) electrons. The number of rotatable bonds is 8. The molecule has 1 aromatic heterocycles. The lowest BCUT2D eigenvalue weighted by Crippen LogP contribution is -2.31.